The summed E-state index contributed by atoms with van der Waals surface area (Å²) >= 11 is 0. The highest BCUT2D eigenvalue weighted by Gasteiger charge is 2.26. The van der Waals surface area contributed by atoms with E-state index < -0.39 is 0 Å². The van der Waals surface area contributed by atoms with Gasteiger partial charge in [-0.3, -0.25) is 4.79 Å². The molecule has 1 amide bonds. The fourth-order valence-corrected chi connectivity index (χ4v) is 2.41. The van der Waals surface area contributed by atoms with Gasteiger partial charge in [-0.25, -0.2) is 0 Å². The summed E-state index contributed by atoms with van der Waals surface area (Å²) < 4.78 is 5.53. The molecular formula is C16H21NO2. The maximum Gasteiger partial charge on any atom is 0.223 e. The number of hydrogen-bond donors (Lipinski definition) is 0. The number of ether oxygens (including phenoxy) is 1. The normalized spacial score (nSPS) is 19.2. The lowest BCUT2D eigenvalue weighted by atomic mass is 10.0. The maximum absolute atomic E-state index is 12.2. The molecule has 1 aliphatic heterocycles. The Kier molecular flexibility index (Phi) is 5.16. The summed E-state index contributed by atoms with van der Waals surface area (Å²) in [7, 11) is 0. The molecule has 0 N–H and O–H groups in total. The molecule has 19 heavy (non-hydrogen) atoms. The largest absolute Gasteiger partial charge is 0.377 e. The Balaban J connectivity index is 1.99. The van der Waals surface area contributed by atoms with Gasteiger partial charge in [0.1, 0.15) is 0 Å². The lowest BCUT2D eigenvalue weighted by Gasteiger charge is -2.36. The van der Waals surface area contributed by atoms with E-state index in [0.717, 1.165) is 12.8 Å². The highest BCUT2D eigenvalue weighted by atomic mass is 16.5. The molecule has 0 aromatic heterocycles. The van der Waals surface area contributed by atoms with E-state index in [1.165, 1.54) is 5.56 Å². The van der Waals surface area contributed by atoms with Crippen LogP contribution in [-0.4, -0.2) is 36.6 Å². The lowest BCUT2D eigenvalue weighted by Crippen LogP contribution is -2.49. The Morgan fingerprint density at radius 3 is 2.95 bits per heavy atom. The number of allylic oxidation sites excluding steroid dienone is 1. The first kappa shape index (κ1) is 13.8. The third kappa shape index (κ3) is 3.93. The summed E-state index contributed by atoms with van der Waals surface area (Å²) in [6.45, 7) is 5.65. The first-order valence-electron chi connectivity index (χ1n) is 6.83. The molecule has 1 atom stereocenters. The van der Waals surface area contributed by atoms with Crippen molar-refractivity contribution in [3.63, 3.8) is 0 Å². The monoisotopic (exact) mass is 259 g/mol. The molecule has 0 saturated carbocycles. The van der Waals surface area contributed by atoms with Gasteiger partial charge in [0.05, 0.1) is 19.3 Å². The van der Waals surface area contributed by atoms with Crippen molar-refractivity contribution in [2.45, 2.75) is 25.3 Å². The molecule has 1 fully saturated rings. The number of rotatable bonds is 5. The van der Waals surface area contributed by atoms with Crippen molar-refractivity contribution in [2.24, 2.45) is 0 Å². The van der Waals surface area contributed by atoms with Gasteiger partial charge in [0.2, 0.25) is 5.91 Å². The van der Waals surface area contributed by atoms with Crippen molar-refractivity contribution in [1.29, 1.82) is 0 Å². The zero-order valence-corrected chi connectivity index (χ0v) is 11.3. The van der Waals surface area contributed by atoms with E-state index in [9.17, 15) is 4.79 Å². The molecule has 1 aromatic carbocycles. The lowest BCUT2D eigenvalue weighted by molar-refractivity contribution is -0.139. The minimum atomic E-state index is 0.161. The summed E-state index contributed by atoms with van der Waals surface area (Å²) in [5.41, 5.74) is 1.25. The molecule has 1 saturated heterocycles. The zero-order chi connectivity index (χ0) is 13.5. The summed E-state index contributed by atoms with van der Waals surface area (Å²) in [5, 5.41) is 0. The van der Waals surface area contributed by atoms with Crippen LogP contribution < -0.4 is 0 Å². The molecule has 0 unspecified atom stereocenters. The average molecular weight is 259 g/mol. The summed E-state index contributed by atoms with van der Waals surface area (Å²) in [4.78, 5) is 14.2. The second-order valence-electron chi connectivity index (χ2n) is 4.83. The van der Waals surface area contributed by atoms with Crippen LogP contribution in [0.5, 0.6) is 0 Å². The SMILES string of the molecule is C=CCCC(=O)N1CCOC[C@@H]1Cc1ccccc1. The molecule has 3 nitrogen and oxygen atoms in total. The molecule has 0 radical (unpaired) electrons. The number of amides is 1. The fraction of sp³-hybridized carbons (Fsp3) is 0.438. The van der Waals surface area contributed by atoms with Crippen LogP contribution in [0.3, 0.4) is 0 Å². The quantitative estimate of drug-likeness (QED) is 0.760. The molecule has 0 bridgehead atoms. The standard InChI is InChI=1S/C16H21NO2/c1-2-3-9-16(18)17-10-11-19-13-15(17)12-14-7-5-4-6-8-14/h2,4-8,15H,1,3,9-13H2/t15-/m0/s1. The van der Waals surface area contributed by atoms with Gasteiger partial charge in [0, 0.05) is 13.0 Å². The Morgan fingerprint density at radius 1 is 1.42 bits per heavy atom. The van der Waals surface area contributed by atoms with Crippen LogP contribution >= 0.6 is 0 Å². The van der Waals surface area contributed by atoms with E-state index in [4.69, 9.17) is 4.74 Å². The number of carbonyl (C=O) groups excluding carboxylic acids is 1. The minimum absolute atomic E-state index is 0.161. The van der Waals surface area contributed by atoms with Crippen LogP contribution in [-0.2, 0) is 16.0 Å². The van der Waals surface area contributed by atoms with Gasteiger partial charge in [-0.2, -0.15) is 0 Å². The molecule has 0 aliphatic carbocycles. The molecule has 1 aromatic rings. The number of carbonyl (C=O) groups is 1. The summed E-state index contributed by atoms with van der Waals surface area (Å²) in [6, 6.07) is 10.4. The van der Waals surface area contributed by atoms with Gasteiger partial charge >= 0.3 is 0 Å². The van der Waals surface area contributed by atoms with Crippen LogP contribution in [0, 0.1) is 0 Å². The number of benzene rings is 1. The van der Waals surface area contributed by atoms with Crippen LogP contribution in [0.2, 0.25) is 0 Å². The molecule has 2 rings (SSSR count). The van der Waals surface area contributed by atoms with Crippen LogP contribution in [0.1, 0.15) is 18.4 Å². The number of hydrogen-bond acceptors (Lipinski definition) is 2. The Bertz CT molecular complexity index is 416. The predicted octanol–water partition coefficient (Wildman–Crippen LogP) is 2.42. The molecule has 102 valence electrons. The van der Waals surface area contributed by atoms with E-state index in [2.05, 4.69) is 18.7 Å². The van der Waals surface area contributed by atoms with E-state index in [1.54, 1.807) is 6.08 Å². The number of morpholine rings is 1. The molecule has 0 spiro atoms. The maximum atomic E-state index is 12.2. The second kappa shape index (κ2) is 7.10. The predicted molar refractivity (Wildman–Crippen MR) is 75.9 cm³/mol. The van der Waals surface area contributed by atoms with Gasteiger partial charge in [0.25, 0.3) is 0 Å². The van der Waals surface area contributed by atoms with Crippen molar-refractivity contribution in [2.75, 3.05) is 19.8 Å². The first-order chi connectivity index (χ1) is 9.31. The van der Waals surface area contributed by atoms with Crippen molar-refractivity contribution in [3.05, 3.63) is 48.6 Å². The highest BCUT2D eigenvalue weighted by Crippen LogP contribution is 2.15. The fourth-order valence-electron chi connectivity index (χ4n) is 2.41. The average Bonchev–Trinajstić information content (AvgIpc) is 2.46. The Labute approximate surface area is 114 Å². The van der Waals surface area contributed by atoms with Crippen molar-refractivity contribution in [1.82, 2.24) is 4.90 Å². The zero-order valence-electron chi connectivity index (χ0n) is 11.3. The topological polar surface area (TPSA) is 29.5 Å². The minimum Gasteiger partial charge on any atom is -0.377 e. The van der Waals surface area contributed by atoms with Gasteiger partial charge in [-0.15, -0.1) is 6.58 Å². The smallest absolute Gasteiger partial charge is 0.223 e. The van der Waals surface area contributed by atoms with Gasteiger partial charge in [-0.05, 0) is 18.4 Å². The first-order valence-corrected chi connectivity index (χ1v) is 6.83. The van der Waals surface area contributed by atoms with Crippen LogP contribution in [0.25, 0.3) is 0 Å². The summed E-state index contributed by atoms with van der Waals surface area (Å²) in [6.07, 6.45) is 3.95. The molecule has 3 heteroatoms. The highest BCUT2D eigenvalue weighted by molar-refractivity contribution is 5.76. The summed E-state index contributed by atoms with van der Waals surface area (Å²) in [5.74, 6) is 0.212. The molecule has 1 heterocycles. The van der Waals surface area contributed by atoms with E-state index in [-0.39, 0.29) is 11.9 Å². The van der Waals surface area contributed by atoms with Crippen molar-refractivity contribution >= 4 is 5.91 Å². The van der Waals surface area contributed by atoms with Crippen LogP contribution in [0.4, 0.5) is 0 Å². The second-order valence-corrected chi connectivity index (χ2v) is 4.83. The Hall–Kier alpha value is -1.61. The molecule has 1 aliphatic rings. The molecular weight excluding hydrogens is 238 g/mol. The van der Waals surface area contributed by atoms with E-state index in [0.29, 0.717) is 26.2 Å². The van der Waals surface area contributed by atoms with E-state index in [1.807, 2.05) is 23.1 Å². The van der Waals surface area contributed by atoms with Crippen molar-refractivity contribution in [3.8, 4) is 0 Å². The number of nitrogens with zero attached hydrogens (tertiary/aromatic N) is 1. The van der Waals surface area contributed by atoms with Crippen molar-refractivity contribution < 1.29 is 9.53 Å². The third-order valence-corrected chi connectivity index (χ3v) is 3.42. The van der Waals surface area contributed by atoms with Crippen LogP contribution in [0.15, 0.2) is 43.0 Å². The van der Waals surface area contributed by atoms with Gasteiger partial charge in [-0.1, -0.05) is 36.4 Å². The third-order valence-electron chi connectivity index (χ3n) is 3.42. The van der Waals surface area contributed by atoms with Gasteiger partial charge < -0.3 is 9.64 Å². The Morgan fingerprint density at radius 2 is 2.21 bits per heavy atom. The van der Waals surface area contributed by atoms with E-state index >= 15 is 0 Å². The van der Waals surface area contributed by atoms with Gasteiger partial charge in [0.15, 0.2) is 0 Å².